The lowest BCUT2D eigenvalue weighted by Crippen LogP contribution is -2.43. The Morgan fingerprint density at radius 3 is 3.00 bits per heavy atom. The van der Waals surface area contributed by atoms with Crippen molar-refractivity contribution < 1.29 is 4.79 Å². The summed E-state index contributed by atoms with van der Waals surface area (Å²) in [5, 5.41) is 4.27. The van der Waals surface area contributed by atoms with Gasteiger partial charge in [0.2, 0.25) is 0 Å². The molecule has 4 nitrogen and oxygen atoms in total. The van der Waals surface area contributed by atoms with E-state index in [1.807, 2.05) is 6.92 Å². The van der Waals surface area contributed by atoms with Gasteiger partial charge in [-0.1, -0.05) is 18.3 Å². The molecule has 2 rings (SSSR count). The number of thiazole rings is 1. The van der Waals surface area contributed by atoms with E-state index in [2.05, 4.69) is 15.2 Å². The van der Waals surface area contributed by atoms with Gasteiger partial charge in [0, 0.05) is 32.6 Å². The van der Waals surface area contributed by atoms with Crippen LogP contribution in [0.4, 0.5) is 5.13 Å². The van der Waals surface area contributed by atoms with Crippen molar-refractivity contribution in [2.24, 2.45) is 0 Å². The molecule has 1 N–H and O–H groups in total. The fourth-order valence-electron chi connectivity index (χ4n) is 1.57. The second-order valence-electron chi connectivity index (χ2n) is 3.52. The molecule has 0 aliphatic carbocycles. The number of nitrogens with zero attached hydrogens (tertiary/aromatic N) is 2. The topological polar surface area (TPSA) is 45.2 Å². The number of anilines is 1. The zero-order valence-corrected chi connectivity index (χ0v) is 9.64. The van der Waals surface area contributed by atoms with E-state index in [1.165, 1.54) is 11.3 Å². The number of ketones is 1. The highest BCUT2D eigenvalue weighted by Gasteiger charge is 2.15. The van der Waals surface area contributed by atoms with Gasteiger partial charge in [0.05, 0.1) is 11.1 Å². The third-order valence-electron chi connectivity index (χ3n) is 2.48. The van der Waals surface area contributed by atoms with Crippen molar-refractivity contribution in [1.82, 2.24) is 10.3 Å². The van der Waals surface area contributed by atoms with Gasteiger partial charge < -0.3 is 10.2 Å². The van der Waals surface area contributed by atoms with Crippen LogP contribution in [0.3, 0.4) is 0 Å². The number of Topliss-reactive ketones (excluding diaryl/α,β-unsaturated/α-hetero) is 1. The monoisotopic (exact) mass is 225 g/mol. The molecule has 0 aromatic carbocycles. The molecular formula is C10H15N3OS. The first kappa shape index (κ1) is 10.6. The largest absolute Gasteiger partial charge is 0.346 e. The summed E-state index contributed by atoms with van der Waals surface area (Å²) >= 11 is 1.51. The van der Waals surface area contributed by atoms with Crippen LogP contribution in [0.1, 0.15) is 23.0 Å². The Kier molecular flexibility index (Phi) is 3.33. The minimum Gasteiger partial charge on any atom is -0.346 e. The molecule has 0 saturated carbocycles. The van der Waals surface area contributed by atoms with E-state index in [0.717, 1.165) is 36.2 Å². The van der Waals surface area contributed by atoms with E-state index >= 15 is 0 Å². The van der Waals surface area contributed by atoms with Gasteiger partial charge in [-0.2, -0.15) is 0 Å². The third-order valence-corrected chi connectivity index (χ3v) is 3.58. The van der Waals surface area contributed by atoms with Gasteiger partial charge in [-0.05, 0) is 0 Å². The number of aromatic nitrogens is 1. The molecule has 0 radical (unpaired) electrons. The zero-order chi connectivity index (χ0) is 10.7. The number of carbonyl (C=O) groups excluding carboxylic acids is 1. The molecule has 82 valence electrons. The molecule has 1 aliphatic heterocycles. The van der Waals surface area contributed by atoms with Crippen molar-refractivity contribution >= 4 is 22.3 Å². The average molecular weight is 225 g/mol. The van der Waals surface area contributed by atoms with Crippen molar-refractivity contribution in [3.63, 3.8) is 0 Å². The molecular weight excluding hydrogens is 210 g/mol. The molecule has 5 heteroatoms. The molecule has 0 amide bonds. The van der Waals surface area contributed by atoms with Crippen molar-refractivity contribution in [1.29, 1.82) is 0 Å². The highest BCUT2D eigenvalue weighted by atomic mass is 32.1. The minimum absolute atomic E-state index is 0.189. The van der Waals surface area contributed by atoms with Crippen LogP contribution in [-0.2, 0) is 0 Å². The fourth-order valence-corrected chi connectivity index (χ4v) is 2.55. The van der Waals surface area contributed by atoms with E-state index in [0.29, 0.717) is 6.42 Å². The lowest BCUT2D eigenvalue weighted by Gasteiger charge is -2.26. The summed E-state index contributed by atoms with van der Waals surface area (Å²) in [6, 6.07) is 0. The summed E-state index contributed by atoms with van der Waals surface area (Å²) in [4.78, 5) is 18.8. The second-order valence-corrected chi connectivity index (χ2v) is 4.53. The van der Waals surface area contributed by atoms with Gasteiger partial charge >= 0.3 is 0 Å². The fraction of sp³-hybridized carbons (Fsp3) is 0.600. The average Bonchev–Trinajstić information content (AvgIpc) is 2.78. The molecule has 1 saturated heterocycles. The van der Waals surface area contributed by atoms with Gasteiger partial charge in [-0.15, -0.1) is 0 Å². The lowest BCUT2D eigenvalue weighted by atomic mass is 10.3. The van der Waals surface area contributed by atoms with Gasteiger partial charge in [0.1, 0.15) is 0 Å². The highest BCUT2D eigenvalue weighted by Crippen LogP contribution is 2.23. The highest BCUT2D eigenvalue weighted by molar-refractivity contribution is 7.17. The Morgan fingerprint density at radius 2 is 2.33 bits per heavy atom. The molecule has 2 heterocycles. The molecule has 0 bridgehead atoms. The predicted octanol–water partition coefficient (Wildman–Crippen LogP) is 1.15. The zero-order valence-electron chi connectivity index (χ0n) is 8.82. The van der Waals surface area contributed by atoms with Crippen LogP contribution in [0.2, 0.25) is 0 Å². The number of hydrogen-bond acceptors (Lipinski definition) is 5. The van der Waals surface area contributed by atoms with E-state index in [4.69, 9.17) is 0 Å². The van der Waals surface area contributed by atoms with Gasteiger partial charge in [-0.25, -0.2) is 4.98 Å². The summed E-state index contributed by atoms with van der Waals surface area (Å²) in [5.41, 5.74) is 0. The van der Waals surface area contributed by atoms with Crippen LogP contribution in [0.15, 0.2) is 6.20 Å². The predicted molar refractivity (Wildman–Crippen MR) is 61.8 cm³/mol. The third kappa shape index (κ3) is 2.35. The normalized spacial score (nSPS) is 16.7. The van der Waals surface area contributed by atoms with E-state index in [1.54, 1.807) is 6.20 Å². The van der Waals surface area contributed by atoms with Crippen LogP contribution < -0.4 is 10.2 Å². The maximum atomic E-state index is 11.4. The quantitative estimate of drug-likeness (QED) is 0.784. The molecule has 0 spiro atoms. The lowest BCUT2D eigenvalue weighted by molar-refractivity contribution is 0.0992. The molecule has 0 atom stereocenters. The van der Waals surface area contributed by atoms with E-state index in [-0.39, 0.29) is 5.78 Å². The summed E-state index contributed by atoms with van der Waals surface area (Å²) in [6.45, 7) is 5.83. The van der Waals surface area contributed by atoms with Crippen molar-refractivity contribution in [3.8, 4) is 0 Å². The first-order valence-corrected chi connectivity index (χ1v) is 6.07. The van der Waals surface area contributed by atoms with Gasteiger partial charge in [0.25, 0.3) is 0 Å². The number of nitrogens with one attached hydrogen (secondary N) is 1. The van der Waals surface area contributed by atoms with E-state index in [9.17, 15) is 4.79 Å². The van der Waals surface area contributed by atoms with Crippen LogP contribution >= 0.6 is 11.3 Å². The summed E-state index contributed by atoms with van der Waals surface area (Å²) in [6.07, 6.45) is 2.26. The summed E-state index contributed by atoms with van der Waals surface area (Å²) in [5.74, 6) is 0.189. The minimum atomic E-state index is 0.189. The Bertz CT molecular complexity index is 344. The number of rotatable bonds is 3. The van der Waals surface area contributed by atoms with Crippen LogP contribution in [-0.4, -0.2) is 36.9 Å². The summed E-state index contributed by atoms with van der Waals surface area (Å²) in [7, 11) is 0. The van der Waals surface area contributed by atoms with E-state index < -0.39 is 0 Å². The first-order valence-electron chi connectivity index (χ1n) is 5.26. The molecule has 15 heavy (non-hydrogen) atoms. The Labute approximate surface area is 93.3 Å². The molecule has 1 aliphatic rings. The van der Waals surface area contributed by atoms with Crippen LogP contribution in [0, 0.1) is 0 Å². The number of carbonyl (C=O) groups is 1. The van der Waals surface area contributed by atoms with Crippen molar-refractivity contribution in [3.05, 3.63) is 11.1 Å². The Hall–Kier alpha value is -0.940. The maximum Gasteiger partial charge on any atom is 0.186 e. The van der Waals surface area contributed by atoms with Crippen molar-refractivity contribution in [2.75, 3.05) is 31.1 Å². The SMILES string of the molecule is CCC(=O)c1cnc(N2CCNCC2)s1. The van der Waals surface area contributed by atoms with Crippen molar-refractivity contribution in [2.45, 2.75) is 13.3 Å². The molecule has 1 aromatic rings. The molecule has 1 aromatic heterocycles. The van der Waals surface area contributed by atoms with Crippen LogP contribution in [0.5, 0.6) is 0 Å². The van der Waals surface area contributed by atoms with Gasteiger partial charge in [0.15, 0.2) is 10.9 Å². The standard InChI is InChI=1S/C10H15N3OS/c1-2-8(14)9-7-12-10(15-9)13-5-3-11-4-6-13/h7,11H,2-6H2,1H3. The molecule has 1 fully saturated rings. The summed E-state index contributed by atoms with van der Waals surface area (Å²) < 4.78 is 0. The maximum absolute atomic E-state index is 11.4. The first-order chi connectivity index (χ1) is 7.31. The second kappa shape index (κ2) is 4.72. The van der Waals surface area contributed by atoms with Gasteiger partial charge in [-0.3, -0.25) is 4.79 Å². The Morgan fingerprint density at radius 1 is 1.60 bits per heavy atom. The number of hydrogen-bond donors (Lipinski definition) is 1. The number of piperazine rings is 1. The smallest absolute Gasteiger partial charge is 0.186 e. The van der Waals surface area contributed by atoms with Crippen LogP contribution in [0.25, 0.3) is 0 Å². The Balaban J connectivity index is 2.08. The molecule has 0 unspecified atom stereocenters.